The average molecular weight is 213 g/mol. The van der Waals surface area contributed by atoms with Crippen LogP contribution in [0.3, 0.4) is 0 Å². The van der Waals surface area contributed by atoms with Crippen molar-refractivity contribution in [2.24, 2.45) is 0 Å². The van der Waals surface area contributed by atoms with Crippen LogP contribution in [0.5, 0.6) is 6.01 Å². The number of rotatable bonds is 1. The molecule has 14 heavy (non-hydrogen) atoms. The first-order valence-corrected chi connectivity index (χ1v) is 4.44. The van der Waals surface area contributed by atoms with E-state index in [-0.39, 0.29) is 0 Å². The fourth-order valence-corrected chi connectivity index (χ4v) is 1.53. The fourth-order valence-electron chi connectivity index (χ4n) is 1.28. The molecule has 5 nitrogen and oxygen atoms in total. The van der Waals surface area contributed by atoms with Crippen LogP contribution < -0.4 is 4.74 Å². The van der Waals surface area contributed by atoms with Gasteiger partial charge in [-0.2, -0.15) is 0 Å². The van der Waals surface area contributed by atoms with Crippen LogP contribution in [-0.4, -0.2) is 26.7 Å². The molecule has 0 fully saturated rings. The predicted octanol–water partition coefficient (Wildman–Crippen LogP) is 1.40. The lowest BCUT2D eigenvalue weighted by Gasteiger charge is -2.05. The molecular formula is C8H9ClN4O. The van der Waals surface area contributed by atoms with Gasteiger partial charge in [-0.15, -0.1) is 5.10 Å². The Bertz CT molecular complexity index is 494. The molecule has 0 saturated heterocycles. The number of fused-ring (bicyclic) bond motifs is 1. The van der Waals surface area contributed by atoms with Crippen molar-refractivity contribution < 1.29 is 4.74 Å². The van der Waals surface area contributed by atoms with E-state index < -0.39 is 0 Å². The molecule has 0 saturated carbocycles. The van der Waals surface area contributed by atoms with Crippen molar-refractivity contribution in [1.82, 2.24) is 19.6 Å². The van der Waals surface area contributed by atoms with Crippen molar-refractivity contribution in [2.75, 3.05) is 7.11 Å². The average Bonchev–Trinajstić information content (AvgIpc) is 2.58. The van der Waals surface area contributed by atoms with Gasteiger partial charge in [0.15, 0.2) is 5.15 Å². The molecule has 0 bridgehead atoms. The van der Waals surface area contributed by atoms with Crippen LogP contribution in [-0.2, 0) is 0 Å². The van der Waals surface area contributed by atoms with Crippen LogP contribution in [0.15, 0.2) is 0 Å². The zero-order valence-electron chi connectivity index (χ0n) is 8.08. The van der Waals surface area contributed by atoms with E-state index in [0.29, 0.717) is 16.8 Å². The third-order valence-corrected chi connectivity index (χ3v) is 2.38. The highest BCUT2D eigenvalue weighted by Gasteiger charge is 2.13. The SMILES string of the molecule is COc1nnc2c(Cl)nc(C)c(C)n12. The summed E-state index contributed by atoms with van der Waals surface area (Å²) >= 11 is 5.91. The third-order valence-electron chi connectivity index (χ3n) is 2.13. The maximum Gasteiger partial charge on any atom is 0.321 e. The van der Waals surface area contributed by atoms with Gasteiger partial charge in [-0.05, 0) is 13.8 Å². The number of aryl methyl sites for hydroxylation is 2. The van der Waals surface area contributed by atoms with E-state index >= 15 is 0 Å². The lowest BCUT2D eigenvalue weighted by molar-refractivity contribution is 0.374. The standard InChI is InChI=1S/C8H9ClN4O/c1-4-5(2)13-7(6(9)10-4)11-12-8(13)14-3/h1-3H3. The zero-order chi connectivity index (χ0) is 10.3. The molecule has 0 atom stereocenters. The van der Waals surface area contributed by atoms with E-state index in [2.05, 4.69) is 15.2 Å². The minimum atomic E-state index is 0.337. The predicted molar refractivity (Wildman–Crippen MR) is 51.8 cm³/mol. The van der Waals surface area contributed by atoms with Crippen molar-refractivity contribution in [1.29, 1.82) is 0 Å². The van der Waals surface area contributed by atoms with Crippen LogP contribution in [0.4, 0.5) is 0 Å². The molecule has 0 aliphatic heterocycles. The van der Waals surface area contributed by atoms with Crippen molar-refractivity contribution in [3.8, 4) is 6.01 Å². The molecular weight excluding hydrogens is 204 g/mol. The molecule has 0 aromatic carbocycles. The Morgan fingerprint density at radius 3 is 2.64 bits per heavy atom. The van der Waals surface area contributed by atoms with Crippen molar-refractivity contribution in [3.05, 3.63) is 16.5 Å². The van der Waals surface area contributed by atoms with E-state index in [1.54, 1.807) is 11.5 Å². The van der Waals surface area contributed by atoms with E-state index in [0.717, 1.165) is 11.4 Å². The van der Waals surface area contributed by atoms with Crippen LogP contribution in [0.2, 0.25) is 5.15 Å². The van der Waals surface area contributed by atoms with Crippen LogP contribution in [0.1, 0.15) is 11.4 Å². The number of methoxy groups -OCH3 is 1. The second kappa shape index (κ2) is 3.09. The fraction of sp³-hybridized carbons (Fsp3) is 0.375. The second-order valence-electron chi connectivity index (χ2n) is 2.92. The van der Waals surface area contributed by atoms with E-state index in [1.165, 1.54) is 0 Å². The van der Waals surface area contributed by atoms with Gasteiger partial charge < -0.3 is 4.74 Å². The number of halogens is 1. The Labute approximate surface area is 85.7 Å². The number of nitrogens with zero attached hydrogens (tertiary/aromatic N) is 4. The van der Waals surface area contributed by atoms with Crippen LogP contribution >= 0.6 is 11.6 Å². The summed E-state index contributed by atoms with van der Waals surface area (Å²) in [6.07, 6.45) is 0. The molecule has 0 aliphatic carbocycles. The van der Waals surface area contributed by atoms with Crippen LogP contribution in [0, 0.1) is 13.8 Å². The molecule has 0 radical (unpaired) electrons. The molecule has 0 N–H and O–H groups in total. The van der Waals surface area contributed by atoms with Crippen molar-refractivity contribution >= 4 is 17.2 Å². The molecule has 0 spiro atoms. The molecule has 0 amide bonds. The second-order valence-corrected chi connectivity index (χ2v) is 3.28. The van der Waals surface area contributed by atoms with Gasteiger partial charge in [0.05, 0.1) is 12.8 Å². The molecule has 2 aromatic rings. The van der Waals surface area contributed by atoms with Gasteiger partial charge in [-0.1, -0.05) is 16.7 Å². The summed E-state index contributed by atoms with van der Waals surface area (Å²) in [4.78, 5) is 4.14. The summed E-state index contributed by atoms with van der Waals surface area (Å²) in [5, 5.41) is 8.06. The molecule has 0 aliphatic rings. The van der Waals surface area contributed by atoms with Gasteiger partial charge in [0.25, 0.3) is 0 Å². The minimum absolute atomic E-state index is 0.337. The summed E-state index contributed by atoms with van der Waals surface area (Å²) in [6, 6.07) is 0.421. The lowest BCUT2D eigenvalue weighted by Crippen LogP contribution is -2.01. The minimum Gasteiger partial charge on any atom is -0.467 e. The highest BCUT2D eigenvalue weighted by molar-refractivity contribution is 6.32. The van der Waals surface area contributed by atoms with Gasteiger partial charge in [0.2, 0.25) is 5.65 Å². The molecule has 2 aromatic heterocycles. The van der Waals surface area contributed by atoms with Crippen molar-refractivity contribution in [2.45, 2.75) is 13.8 Å². The Morgan fingerprint density at radius 1 is 1.29 bits per heavy atom. The molecule has 74 valence electrons. The first kappa shape index (κ1) is 9.21. The number of aromatic nitrogens is 4. The van der Waals surface area contributed by atoms with E-state index in [4.69, 9.17) is 16.3 Å². The van der Waals surface area contributed by atoms with Gasteiger partial charge in [0.1, 0.15) is 0 Å². The summed E-state index contributed by atoms with van der Waals surface area (Å²) < 4.78 is 6.80. The first-order valence-electron chi connectivity index (χ1n) is 4.07. The van der Waals surface area contributed by atoms with E-state index in [9.17, 15) is 0 Å². The maximum absolute atomic E-state index is 5.91. The Morgan fingerprint density at radius 2 is 2.00 bits per heavy atom. The highest BCUT2D eigenvalue weighted by Crippen LogP contribution is 2.20. The lowest BCUT2D eigenvalue weighted by atomic mass is 10.3. The summed E-state index contributed by atoms with van der Waals surface area (Å²) in [7, 11) is 1.54. The van der Waals surface area contributed by atoms with Crippen LogP contribution in [0.25, 0.3) is 5.65 Å². The quantitative estimate of drug-likeness (QED) is 0.717. The number of hydrogen-bond donors (Lipinski definition) is 0. The largest absolute Gasteiger partial charge is 0.467 e. The van der Waals surface area contributed by atoms with E-state index in [1.807, 2.05) is 13.8 Å². The molecule has 2 heterocycles. The number of ether oxygens (including phenoxy) is 1. The third kappa shape index (κ3) is 1.13. The van der Waals surface area contributed by atoms with Gasteiger partial charge in [-0.25, -0.2) is 9.38 Å². The summed E-state index contributed by atoms with van der Waals surface area (Å²) in [5.41, 5.74) is 2.28. The number of hydrogen-bond acceptors (Lipinski definition) is 4. The first-order chi connectivity index (χ1) is 6.65. The van der Waals surface area contributed by atoms with Gasteiger partial charge in [-0.3, -0.25) is 0 Å². The summed E-state index contributed by atoms with van der Waals surface area (Å²) in [6.45, 7) is 3.79. The molecule has 6 heteroatoms. The molecule has 0 unspecified atom stereocenters. The topological polar surface area (TPSA) is 52.3 Å². The highest BCUT2D eigenvalue weighted by atomic mass is 35.5. The zero-order valence-corrected chi connectivity index (χ0v) is 8.83. The normalized spacial score (nSPS) is 10.9. The maximum atomic E-state index is 5.91. The van der Waals surface area contributed by atoms with Gasteiger partial charge in [0, 0.05) is 5.69 Å². The summed E-state index contributed by atoms with van der Waals surface area (Å²) in [5.74, 6) is 0. The Kier molecular flexibility index (Phi) is 2.03. The Balaban J connectivity index is 2.92. The molecule has 2 rings (SSSR count). The van der Waals surface area contributed by atoms with Gasteiger partial charge >= 0.3 is 6.01 Å². The van der Waals surface area contributed by atoms with Crippen molar-refractivity contribution in [3.63, 3.8) is 0 Å². The Hall–Kier alpha value is -1.36. The monoisotopic (exact) mass is 212 g/mol. The smallest absolute Gasteiger partial charge is 0.321 e.